The average Bonchev–Trinajstić information content (AvgIpc) is 2.30. The van der Waals surface area contributed by atoms with E-state index in [4.69, 9.17) is 0 Å². The highest BCUT2D eigenvalue weighted by Crippen LogP contribution is 2.25. The predicted octanol–water partition coefficient (Wildman–Crippen LogP) is 3.39. The van der Waals surface area contributed by atoms with E-state index in [-0.39, 0.29) is 0 Å². The minimum Gasteiger partial charge on any atom is -0.371 e. The van der Waals surface area contributed by atoms with Gasteiger partial charge in [-0.2, -0.15) is 0 Å². The van der Waals surface area contributed by atoms with E-state index in [1.807, 2.05) is 6.20 Å². The summed E-state index contributed by atoms with van der Waals surface area (Å²) in [7, 11) is 0. The van der Waals surface area contributed by atoms with Crippen LogP contribution in [-0.2, 0) is 0 Å². The highest BCUT2D eigenvalue weighted by atomic mass is 79.9. The Kier molecular flexibility index (Phi) is 4.22. The SMILES string of the molecule is Cc1cc(N2CCCC(CCBr)C2)ccn1. The van der Waals surface area contributed by atoms with E-state index in [1.54, 1.807) is 0 Å². The molecule has 1 unspecified atom stereocenters. The first kappa shape index (κ1) is 11.9. The van der Waals surface area contributed by atoms with Crippen LogP contribution in [0.15, 0.2) is 18.3 Å². The van der Waals surface area contributed by atoms with Crippen LogP contribution in [0.1, 0.15) is 25.0 Å². The van der Waals surface area contributed by atoms with Gasteiger partial charge in [-0.25, -0.2) is 0 Å². The van der Waals surface area contributed by atoms with Gasteiger partial charge in [-0.05, 0) is 44.2 Å². The van der Waals surface area contributed by atoms with Crippen LogP contribution in [-0.4, -0.2) is 23.4 Å². The number of nitrogens with zero attached hydrogens (tertiary/aromatic N) is 2. The van der Waals surface area contributed by atoms with Crippen LogP contribution in [0.4, 0.5) is 5.69 Å². The lowest BCUT2D eigenvalue weighted by Gasteiger charge is -2.34. The fourth-order valence-corrected chi connectivity index (χ4v) is 3.06. The molecule has 0 saturated carbocycles. The maximum atomic E-state index is 4.26. The van der Waals surface area contributed by atoms with Crippen molar-refractivity contribution in [3.63, 3.8) is 0 Å². The van der Waals surface area contributed by atoms with Gasteiger partial charge >= 0.3 is 0 Å². The molecule has 0 N–H and O–H groups in total. The molecule has 1 aromatic heterocycles. The van der Waals surface area contributed by atoms with Gasteiger partial charge < -0.3 is 4.90 Å². The van der Waals surface area contributed by atoms with E-state index in [9.17, 15) is 0 Å². The molecule has 2 nitrogen and oxygen atoms in total. The number of alkyl halides is 1. The third kappa shape index (κ3) is 2.97. The fraction of sp³-hybridized carbons (Fsp3) is 0.615. The number of anilines is 1. The summed E-state index contributed by atoms with van der Waals surface area (Å²) in [4.78, 5) is 6.76. The molecule has 0 radical (unpaired) electrons. The molecule has 1 aromatic rings. The highest BCUT2D eigenvalue weighted by Gasteiger charge is 2.19. The largest absolute Gasteiger partial charge is 0.371 e. The van der Waals surface area contributed by atoms with Gasteiger partial charge in [-0.3, -0.25) is 4.98 Å². The highest BCUT2D eigenvalue weighted by molar-refractivity contribution is 9.09. The number of rotatable bonds is 3. The van der Waals surface area contributed by atoms with Crippen LogP contribution in [0, 0.1) is 12.8 Å². The number of hydrogen-bond acceptors (Lipinski definition) is 2. The molecule has 1 fully saturated rings. The van der Waals surface area contributed by atoms with Crippen LogP contribution in [0.25, 0.3) is 0 Å². The minimum absolute atomic E-state index is 0.849. The molecule has 1 atom stereocenters. The molecule has 0 amide bonds. The number of piperidine rings is 1. The third-order valence-corrected chi connectivity index (χ3v) is 3.74. The van der Waals surface area contributed by atoms with Crippen LogP contribution in [0.3, 0.4) is 0 Å². The van der Waals surface area contributed by atoms with Crippen molar-refractivity contribution >= 4 is 21.6 Å². The normalized spacial score (nSPS) is 21.1. The average molecular weight is 283 g/mol. The first-order valence-corrected chi connectivity index (χ1v) is 7.15. The Bertz CT molecular complexity index is 338. The Morgan fingerprint density at radius 2 is 2.44 bits per heavy atom. The first-order chi connectivity index (χ1) is 7.79. The van der Waals surface area contributed by atoms with E-state index >= 15 is 0 Å². The van der Waals surface area contributed by atoms with Gasteiger partial charge in [0, 0.05) is 36.0 Å². The Morgan fingerprint density at radius 3 is 3.19 bits per heavy atom. The summed E-state index contributed by atoms with van der Waals surface area (Å²) in [6.07, 6.45) is 5.91. The fourth-order valence-electron chi connectivity index (χ4n) is 2.42. The summed E-state index contributed by atoms with van der Waals surface area (Å²) >= 11 is 3.54. The summed E-state index contributed by atoms with van der Waals surface area (Å²) < 4.78 is 0. The number of hydrogen-bond donors (Lipinski definition) is 0. The monoisotopic (exact) mass is 282 g/mol. The molecule has 3 heteroatoms. The summed E-state index contributed by atoms with van der Waals surface area (Å²) in [6.45, 7) is 4.46. The zero-order valence-electron chi connectivity index (χ0n) is 9.82. The molecule has 0 bridgehead atoms. The summed E-state index contributed by atoms with van der Waals surface area (Å²) in [5, 5.41) is 1.13. The van der Waals surface area contributed by atoms with Crippen LogP contribution in [0.5, 0.6) is 0 Å². The Balaban J connectivity index is 2.03. The first-order valence-electron chi connectivity index (χ1n) is 6.03. The van der Waals surface area contributed by atoms with Gasteiger partial charge in [0.1, 0.15) is 0 Å². The molecule has 1 aliphatic heterocycles. The smallest absolute Gasteiger partial charge is 0.0399 e. The Morgan fingerprint density at radius 1 is 1.56 bits per heavy atom. The van der Waals surface area contributed by atoms with Crippen molar-refractivity contribution in [2.24, 2.45) is 5.92 Å². The second-order valence-corrected chi connectivity index (χ2v) is 5.38. The van der Waals surface area contributed by atoms with Gasteiger partial charge in [-0.15, -0.1) is 0 Å². The molecule has 0 aromatic carbocycles. The molecular formula is C13H19BrN2. The molecule has 0 aliphatic carbocycles. The maximum absolute atomic E-state index is 4.26. The van der Waals surface area contributed by atoms with Gasteiger partial charge in [0.2, 0.25) is 0 Å². The molecular weight excluding hydrogens is 264 g/mol. The number of halogens is 1. The van der Waals surface area contributed by atoms with Crippen molar-refractivity contribution in [3.05, 3.63) is 24.0 Å². The summed E-state index contributed by atoms with van der Waals surface area (Å²) in [5.74, 6) is 0.849. The second-order valence-electron chi connectivity index (χ2n) is 4.59. The molecule has 2 rings (SSSR count). The van der Waals surface area contributed by atoms with Gasteiger partial charge in [0.05, 0.1) is 0 Å². The van der Waals surface area contributed by atoms with E-state index in [0.29, 0.717) is 0 Å². The minimum atomic E-state index is 0.849. The number of aryl methyl sites for hydroxylation is 1. The molecule has 2 heterocycles. The zero-order chi connectivity index (χ0) is 11.4. The van der Waals surface area contributed by atoms with Crippen LogP contribution >= 0.6 is 15.9 Å². The molecule has 16 heavy (non-hydrogen) atoms. The Labute approximate surface area is 106 Å². The van der Waals surface area contributed by atoms with Gasteiger partial charge in [-0.1, -0.05) is 15.9 Å². The van der Waals surface area contributed by atoms with E-state index in [1.165, 1.54) is 38.0 Å². The lowest BCUT2D eigenvalue weighted by molar-refractivity contribution is 0.408. The summed E-state index contributed by atoms with van der Waals surface area (Å²) in [6, 6.07) is 4.32. The standard InChI is InChI=1S/C13H19BrN2/c1-11-9-13(5-7-15-11)16-8-2-3-12(10-16)4-6-14/h5,7,9,12H,2-4,6,8,10H2,1H3. The number of pyridine rings is 1. The van der Waals surface area contributed by atoms with Crippen molar-refractivity contribution in [2.75, 3.05) is 23.3 Å². The van der Waals surface area contributed by atoms with Gasteiger partial charge in [0.15, 0.2) is 0 Å². The zero-order valence-corrected chi connectivity index (χ0v) is 11.4. The van der Waals surface area contributed by atoms with Crippen LogP contribution in [0.2, 0.25) is 0 Å². The van der Waals surface area contributed by atoms with E-state index < -0.39 is 0 Å². The molecule has 88 valence electrons. The lowest BCUT2D eigenvalue weighted by atomic mass is 9.95. The quantitative estimate of drug-likeness (QED) is 0.790. The third-order valence-electron chi connectivity index (χ3n) is 3.28. The Hall–Kier alpha value is -0.570. The molecule has 1 aliphatic rings. The van der Waals surface area contributed by atoms with Crippen molar-refractivity contribution < 1.29 is 0 Å². The maximum Gasteiger partial charge on any atom is 0.0399 e. The molecule has 1 saturated heterocycles. The van der Waals surface area contributed by atoms with Crippen molar-refractivity contribution in [3.8, 4) is 0 Å². The number of aromatic nitrogens is 1. The van der Waals surface area contributed by atoms with Crippen LogP contribution < -0.4 is 4.90 Å². The topological polar surface area (TPSA) is 16.1 Å². The molecule has 0 spiro atoms. The second kappa shape index (κ2) is 5.67. The summed E-state index contributed by atoms with van der Waals surface area (Å²) in [5.41, 5.74) is 2.45. The van der Waals surface area contributed by atoms with E-state index in [0.717, 1.165) is 16.9 Å². The predicted molar refractivity (Wildman–Crippen MR) is 72.3 cm³/mol. The van der Waals surface area contributed by atoms with Crippen molar-refractivity contribution in [2.45, 2.75) is 26.2 Å². The van der Waals surface area contributed by atoms with Crippen molar-refractivity contribution in [1.29, 1.82) is 0 Å². The lowest BCUT2D eigenvalue weighted by Crippen LogP contribution is -2.35. The van der Waals surface area contributed by atoms with Crippen molar-refractivity contribution in [1.82, 2.24) is 4.98 Å². The van der Waals surface area contributed by atoms with E-state index in [2.05, 4.69) is 44.9 Å². The van der Waals surface area contributed by atoms with Gasteiger partial charge in [0.25, 0.3) is 0 Å².